The second kappa shape index (κ2) is 10.5. The minimum Gasteiger partial charge on any atom is -0.545 e. The van der Waals surface area contributed by atoms with Crippen LogP contribution in [-0.2, 0) is 9.53 Å². The Morgan fingerprint density at radius 1 is 1.21 bits per heavy atom. The van der Waals surface area contributed by atoms with Crippen molar-refractivity contribution in [2.24, 2.45) is 4.99 Å². The number of carboxylic acids is 1. The molecule has 0 amide bonds. The summed E-state index contributed by atoms with van der Waals surface area (Å²) in [5.74, 6) is -1.82. The highest BCUT2D eigenvalue weighted by molar-refractivity contribution is 7.07. The average Bonchev–Trinajstić information content (AvgIpc) is 3.48. The molecule has 11 heteroatoms. The van der Waals surface area contributed by atoms with E-state index in [4.69, 9.17) is 20.8 Å². The molecule has 3 heterocycles. The molecule has 4 aromatic rings. The van der Waals surface area contributed by atoms with Gasteiger partial charge in [0.15, 0.2) is 4.80 Å². The van der Waals surface area contributed by atoms with Gasteiger partial charge in [0.25, 0.3) is 5.56 Å². The standard InChI is InChI=1S/C28H20ClFN2O6S/c1-3-37-27(36)23-14(2)31-28-32(24(23)15-4-7-17(30)8-5-15)25(33)22(39-28)13-18-9-11-21(38-18)19-12-16(26(34)35)6-10-20(19)29/h4-13,24H,3H2,1-2H3,(H,34,35)/p-1/b22-13-/t24-/m0/s1. The van der Waals surface area contributed by atoms with Crippen molar-refractivity contribution in [2.75, 3.05) is 6.61 Å². The Morgan fingerprint density at radius 3 is 2.64 bits per heavy atom. The van der Waals surface area contributed by atoms with Gasteiger partial charge in [0.05, 0.1) is 39.4 Å². The van der Waals surface area contributed by atoms with Crippen molar-refractivity contribution >= 4 is 41.0 Å². The number of ether oxygens (including phenoxy) is 1. The number of carbonyl (C=O) groups excluding carboxylic acids is 2. The third kappa shape index (κ3) is 4.96. The molecule has 0 N–H and O–H groups in total. The maximum Gasteiger partial charge on any atom is 0.338 e. The molecule has 1 aliphatic heterocycles. The number of carboxylic acid groups (broad SMARTS) is 1. The fraction of sp³-hybridized carbons (Fsp3) is 0.143. The SMILES string of the molecule is CCOC(=O)C1=C(C)N=c2s/c(=C\c3ccc(-c4cc(C(=O)[O-])ccc4Cl)o3)c(=O)n2[C@H]1c1ccc(F)cc1. The normalized spacial score (nSPS) is 15.2. The number of aromatic nitrogens is 1. The van der Waals surface area contributed by atoms with E-state index in [9.17, 15) is 23.9 Å². The number of hydrogen-bond donors (Lipinski definition) is 0. The van der Waals surface area contributed by atoms with Crippen molar-refractivity contribution in [3.63, 3.8) is 0 Å². The largest absolute Gasteiger partial charge is 0.545 e. The monoisotopic (exact) mass is 565 g/mol. The predicted molar refractivity (Wildman–Crippen MR) is 140 cm³/mol. The summed E-state index contributed by atoms with van der Waals surface area (Å²) < 4.78 is 26.5. The average molecular weight is 566 g/mol. The van der Waals surface area contributed by atoms with Gasteiger partial charge in [-0.15, -0.1) is 0 Å². The maximum absolute atomic E-state index is 13.7. The van der Waals surface area contributed by atoms with E-state index in [0.29, 0.717) is 33.1 Å². The Kier molecular flexibility index (Phi) is 7.07. The number of allylic oxidation sites excluding steroid dienone is 1. The van der Waals surface area contributed by atoms with Gasteiger partial charge in [-0.25, -0.2) is 14.2 Å². The molecule has 39 heavy (non-hydrogen) atoms. The Bertz CT molecular complexity index is 1830. The summed E-state index contributed by atoms with van der Waals surface area (Å²) in [7, 11) is 0. The van der Waals surface area contributed by atoms with Gasteiger partial charge in [0.1, 0.15) is 17.3 Å². The first kappa shape index (κ1) is 26.3. The van der Waals surface area contributed by atoms with Crippen LogP contribution in [0.1, 0.15) is 41.6 Å². The quantitative estimate of drug-likeness (QED) is 0.332. The third-order valence-corrected chi connectivity index (χ3v) is 7.38. The van der Waals surface area contributed by atoms with Gasteiger partial charge >= 0.3 is 5.97 Å². The molecule has 0 unspecified atom stereocenters. The van der Waals surface area contributed by atoms with Gasteiger partial charge in [-0.2, -0.15) is 0 Å². The van der Waals surface area contributed by atoms with Gasteiger partial charge in [-0.3, -0.25) is 9.36 Å². The number of aromatic carboxylic acids is 1. The van der Waals surface area contributed by atoms with Gasteiger partial charge in [-0.05, 0) is 61.4 Å². The Hall–Kier alpha value is -4.28. The van der Waals surface area contributed by atoms with E-state index in [1.807, 2.05) is 0 Å². The number of nitrogens with zero attached hydrogens (tertiary/aromatic N) is 2. The molecule has 5 rings (SSSR count). The van der Waals surface area contributed by atoms with Crippen LogP contribution >= 0.6 is 22.9 Å². The molecule has 0 fully saturated rings. The molecule has 8 nitrogen and oxygen atoms in total. The molecule has 0 radical (unpaired) electrons. The van der Waals surface area contributed by atoms with Crippen LogP contribution in [-0.4, -0.2) is 23.1 Å². The summed E-state index contributed by atoms with van der Waals surface area (Å²) in [5.41, 5.74) is 0.949. The van der Waals surface area contributed by atoms with Crippen LogP contribution in [0.5, 0.6) is 0 Å². The molecule has 0 saturated carbocycles. The summed E-state index contributed by atoms with van der Waals surface area (Å²) in [6.45, 7) is 3.46. The van der Waals surface area contributed by atoms with Crippen molar-refractivity contribution in [3.05, 3.63) is 113 Å². The molecule has 2 aromatic heterocycles. The smallest absolute Gasteiger partial charge is 0.338 e. The van der Waals surface area contributed by atoms with Crippen LogP contribution in [0.25, 0.3) is 17.4 Å². The fourth-order valence-corrected chi connectivity index (χ4v) is 5.53. The van der Waals surface area contributed by atoms with Crippen molar-refractivity contribution < 1.29 is 28.2 Å². The molecule has 198 valence electrons. The second-order valence-electron chi connectivity index (χ2n) is 8.54. The predicted octanol–water partition coefficient (Wildman–Crippen LogP) is 3.21. The number of halogens is 2. The molecule has 0 saturated heterocycles. The van der Waals surface area contributed by atoms with Crippen LogP contribution in [0.3, 0.4) is 0 Å². The summed E-state index contributed by atoms with van der Waals surface area (Å²) in [4.78, 5) is 42.7. The van der Waals surface area contributed by atoms with Crippen LogP contribution in [0.2, 0.25) is 5.02 Å². The summed E-state index contributed by atoms with van der Waals surface area (Å²) >= 11 is 7.34. The van der Waals surface area contributed by atoms with Crippen LogP contribution in [0, 0.1) is 5.82 Å². The van der Waals surface area contributed by atoms with Gasteiger partial charge in [0, 0.05) is 11.6 Å². The topological polar surface area (TPSA) is 114 Å². The molecule has 0 aliphatic carbocycles. The molecule has 1 aliphatic rings. The second-order valence-corrected chi connectivity index (χ2v) is 9.95. The van der Waals surface area contributed by atoms with Crippen LogP contribution < -0.4 is 20.0 Å². The van der Waals surface area contributed by atoms with Crippen LogP contribution in [0.15, 0.2) is 80.1 Å². The van der Waals surface area contributed by atoms with Gasteiger partial charge in [-0.1, -0.05) is 41.1 Å². The van der Waals surface area contributed by atoms with Crippen molar-refractivity contribution in [3.8, 4) is 11.3 Å². The van der Waals surface area contributed by atoms with Crippen molar-refractivity contribution in [1.82, 2.24) is 4.57 Å². The lowest BCUT2D eigenvalue weighted by Crippen LogP contribution is -2.39. The van der Waals surface area contributed by atoms with Crippen molar-refractivity contribution in [2.45, 2.75) is 19.9 Å². The van der Waals surface area contributed by atoms with E-state index in [1.165, 1.54) is 53.1 Å². The van der Waals surface area contributed by atoms with Crippen LogP contribution in [0.4, 0.5) is 4.39 Å². The first-order chi connectivity index (χ1) is 18.7. The molecule has 1 atom stereocenters. The highest BCUT2D eigenvalue weighted by Crippen LogP contribution is 2.32. The first-order valence-electron chi connectivity index (χ1n) is 11.7. The number of thiazole rings is 1. The molecule has 0 bridgehead atoms. The van der Waals surface area contributed by atoms with E-state index in [-0.39, 0.29) is 27.3 Å². The van der Waals surface area contributed by atoms with Gasteiger partial charge in [0.2, 0.25) is 0 Å². The zero-order valence-corrected chi connectivity index (χ0v) is 22.1. The third-order valence-electron chi connectivity index (χ3n) is 6.07. The number of rotatable bonds is 6. The molecule has 2 aromatic carbocycles. The summed E-state index contributed by atoms with van der Waals surface area (Å²) in [6, 6.07) is 12.0. The van der Waals surface area contributed by atoms with E-state index in [2.05, 4.69) is 4.99 Å². The van der Waals surface area contributed by atoms with E-state index in [1.54, 1.807) is 26.0 Å². The Balaban J connectivity index is 1.62. The fourth-order valence-electron chi connectivity index (χ4n) is 4.30. The minimum atomic E-state index is -1.35. The van der Waals surface area contributed by atoms with E-state index in [0.717, 1.165) is 11.3 Å². The highest BCUT2D eigenvalue weighted by Gasteiger charge is 2.33. The number of benzene rings is 2. The Labute approximate surface area is 229 Å². The van der Waals surface area contributed by atoms with E-state index < -0.39 is 29.4 Å². The molecular formula is C28H19ClFN2O6S-. The van der Waals surface area contributed by atoms with E-state index >= 15 is 0 Å². The highest BCUT2D eigenvalue weighted by atomic mass is 35.5. The lowest BCUT2D eigenvalue weighted by molar-refractivity contribution is -0.255. The summed E-state index contributed by atoms with van der Waals surface area (Å²) in [6.07, 6.45) is 1.52. The number of furan rings is 1. The number of fused-ring (bicyclic) bond motifs is 1. The zero-order chi connectivity index (χ0) is 27.8. The first-order valence-corrected chi connectivity index (χ1v) is 12.9. The molecule has 0 spiro atoms. The lowest BCUT2D eigenvalue weighted by Gasteiger charge is -2.24. The number of carbonyl (C=O) groups is 2. The number of esters is 1. The maximum atomic E-state index is 13.7. The summed E-state index contributed by atoms with van der Waals surface area (Å²) in [5, 5.41) is 11.5. The Morgan fingerprint density at radius 2 is 1.95 bits per heavy atom. The minimum absolute atomic E-state index is 0.0609. The molecular weight excluding hydrogens is 547 g/mol. The lowest BCUT2D eigenvalue weighted by atomic mass is 9.96. The zero-order valence-electron chi connectivity index (χ0n) is 20.6. The number of hydrogen-bond acceptors (Lipinski definition) is 8. The van der Waals surface area contributed by atoms with Crippen molar-refractivity contribution in [1.29, 1.82) is 0 Å². The van der Waals surface area contributed by atoms with Gasteiger partial charge < -0.3 is 19.1 Å².